The molecule has 0 fully saturated rings. The monoisotopic (exact) mass is 262 g/mol. The Hall–Kier alpha value is -1.74. The molecule has 1 aromatic carbocycles. The lowest BCUT2D eigenvalue weighted by atomic mass is 10.1. The van der Waals surface area contributed by atoms with Crippen molar-refractivity contribution in [2.75, 3.05) is 5.32 Å². The summed E-state index contributed by atoms with van der Waals surface area (Å²) in [6.45, 7) is 3.94. The van der Waals surface area contributed by atoms with Gasteiger partial charge in [0, 0.05) is 11.4 Å². The van der Waals surface area contributed by atoms with E-state index in [1.165, 1.54) is 0 Å². The van der Waals surface area contributed by atoms with Crippen LogP contribution in [0.1, 0.15) is 17.0 Å². The van der Waals surface area contributed by atoms with E-state index in [-0.39, 0.29) is 5.91 Å². The van der Waals surface area contributed by atoms with Crippen LogP contribution in [0.2, 0.25) is 5.02 Å². The molecule has 4 heteroatoms. The van der Waals surface area contributed by atoms with Crippen LogP contribution in [0.4, 0.5) is 5.69 Å². The van der Waals surface area contributed by atoms with Crippen LogP contribution >= 0.6 is 11.6 Å². The largest absolute Gasteiger partial charge is 0.362 e. The number of halogens is 1. The molecule has 2 aromatic rings. The van der Waals surface area contributed by atoms with E-state index in [9.17, 15) is 4.79 Å². The third kappa shape index (κ3) is 2.93. The summed E-state index contributed by atoms with van der Waals surface area (Å²) in [6, 6.07) is 9.20. The van der Waals surface area contributed by atoms with Gasteiger partial charge < -0.3 is 10.3 Å². The number of hydrogen-bond donors (Lipinski definition) is 2. The Morgan fingerprint density at radius 1 is 1.33 bits per heavy atom. The molecule has 0 spiro atoms. The van der Waals surface area contributed by atoms with Gasteiger partial charge in [0.15, 0.2) is 0 Å². The molecule has 0 radical (unpaired) electrons. The van der Waals surface area contributed by atoms with Crippen LogP contribution in [0.25, 0.3) is 0 Å². The summed E-state index contributed by atoms with van der Waals surface area (Å²) < 4.78 is 0. The fraction of sp³-hybridized carbons (Fsp3) is 0.214. The first kappa shape index (κ1) is 12.7. The van der Waals surface area contributed by atoms with Crippen LogP contribution in [0.3, 0.4) is 0 Å². The maximum atomic E-state index is 11.9. The predicted octanol–water partition coefficient (Wildman–Crippen LogP) is 3.47. The summed E-state index contributed by atoms with van der Waals surface area (Å²) in [7, 11) is 0. The SMILES string of the molecule is Cc1cc(CC(=O)Nc2ccccc2Cl)c(C)[nH]1. The number of nitrogens with one attached hydrogen (secondary N) is 2. The first-order valence-electron chi connectivity index (χ1n) is 5.75. The number of para-hydroxylation sites is 1. The molecule has 0 atom stereocenters. The van der Waals surface area contributed by atoms with Gasteiger partial charge in [0.1, 0.15) is 0 Å². The maximum Gasteiger partial charge on any atom is 0.228 e. The van der Waals surface area contributed by atoms with Crippen molar-refractivity contribution in [3.05, 3.63) is 52.3 Å². The van der Waals surface area contributed by atoms with Crippen molar-refractivity contribution >= 4 is 23.2 Å². The summed E-state index contributed by atoms with van der Waals surface area (Å²) in [5.74, 6) is -0.0646. The van der Waals surface area contributed by atoms with Gasteiger partial charge in [0.25, 0.3) is 0 Å². The van der Waals surface area contributed by atoms with Crippen molar-refractivity contribution in [1.29, 1.82) is 0 Å². The van der Waals surface area contributed by atoms with Gasteiger partial charge in [-0.15, -0.1) is 0 Å². The van der Waals surface area contributed by atoms with E-state index in [0.29, 0.717) is 17.1 Å². The third-order valence-electron chi connectivity index (χ3n) is 2.76. The number of hydrogen-bond acceptors (Lipinski definition) is 1. The van der Waals surface area contributed by atoms with Crippen LogP contribution in [0.15, 0.2) is 30.3 Å². The van der Waals surface area contributed by atoms with E-state index >= 15 is 0 Å². The molecule has 0 unspecified atom stereocenters. The highest BCUT2D eigenvalue weighted by molar-refractivity contribution is 6.33. The molecule has 0 bridgehead atoms. The first-order chi connectivity index (χ1) is 8.56. The number of carbonyl (C=O) groups excluding carboxylic acids is 1. The van der Waals surface area contributed by atoms with Gasteiger partial charge >= 0.3 is 0 Å². The Morgan fingerprint density at radius 2 is 2.06 bits per heavy atom. The summed E-state index contributed by atoms with van der Waals surface area (Å²) in [6.07, 6.45) is 0.349. The average Bonchev–Trinajstić information content (AvgIpc) is 2.61. The number of aromatic nitrogens is 1. The molecular weight excluding hydrogens is 248 g/mol. The Labute approximate surface area is 111 Å². The highest BCUT2D eigenvalue weighted by Crippen LogP contribution is 2.21. The van der Waals surface area contributed by atoms with Crippen molar-refractivity contribution in [3.63, 3.8) is 0 Å². The normalized spacial score (nSPS) is 10.4. The zero-order valence-corrected chi connectivity index (χ0v) is 11.1. The van der Waals surface area contributed by atoms with Crippen LogP contribution in [0.5, 0.6) is 0 Å². The van der Waals surface area contributed by atoms with Crippen LogP contribution in [0, 0.1) is 13.8 Å². The standard InChI is InChI=1S/C14H15ClN2O/c1-9-7-11(10(2)16-9)8-14(18)17-13-6-4-3-5-12(13)15/h3-7,16H,8H2,1-2H3,(H,17,18). The number of aryl methyl sites for hydroxylation is 2. The molecule has 1 aromatic heterocycles. The molecule has 2 N–H and O–H groups in total. The molecule has 0 aliphatic heterocycles. The van der Waals surface area contributed by atoms with Gasteiger partial charge in [0.05, 0.1) is 17.1 Å². The fourth-order valence-electron chi connectivity index (χ4n) is 1.90. The second-order valence-electron chi connectivity index (χ2n) is 4.31. The van der Waals surface area contributed by atoms with E-state index in [4.69, 9.17) is 11.6 Å². The van der Waals surface area contributed by atoms with Crippen molar-refractivity contribution < 1.29 is 4.79 Å². The summed E-state index contributed by atoms with van der Waals surface area (Å²) in [5, 5.41) is 3.36. The highest BCUT2D eigenvalue weighted by atomic mass is 35.5. The molecule has 0 aliphatic carbocycles. The van der Waals surface area contributed by atoms with Crippen molar-refractivity contribution in [2.45, 2.75) is 20.3 Å². The zero-order chi connectivity index (χ0) is 13.1. The molecule has 3 nitrogen and oxygen atoms in total. The molecule has 94 valence electrons. The van der Waals surface area contributed by atoms with Gasteiger partial charge in [-0.2, -0.15) is 0 Å². The predicted molar refractivity (Wildman–Crippen MR) is 74.1 cm³/mol. The second-order valence-corrected chi connectivity index (χ2v) is 4.71. The van der Waals surface area contributed by atoms with E-state index in [2.05, 4.69) is 10.3 Å². The molecule has 1 heterocycles. The molecule has 2 rings (SSSR count). The summed E-state index contributed by atoms with van der Waals surface area (Å²) >= 11 is 5.99. The Balaban J connectivity index is 2.06. The Bertz CT molecular complexity index is 575. The summed E-state index contributed by atoms with van der Waals surface area (Å²) in [5.41, 5.74) is 3.75. The third-order valence-corrected chi connectivity index (χ3v) is 3.09. The Kier molecular flexibility index (Phi) is 3.72. The highest BCUT2D eigenvalue weighted by Gasteiger charge is 2.09. The number of H-pyrrole nitrogens is 1. The van der Waals surface area contributed by atoms with Gasteiger partial charge in [0.2, 0.25) is 5.91 Å². The number of anilines is 1. The average molecular weight is 263 g/mol. The maximum absolute atomic E-state index is 11.9. The topological polar surface area (TPSA) is 44.9 Å². The molecule has 0 saturated carbocycles. The molecule has 1 amide bonds. The van der Waals surface area contributed by atoms with Gasteiger partial charge in [-0.25, -0.2) is 0 Å². The zero-order valence-electron chi connectivity index (χ0n) is 10.4. The summed E-state index contributed by atoms with van der Waals surface area (Å²) in [4.78, 5) is 15.1. The van der Waals surface area contributed by atoms with E-state index in [1.807, 2.05) is 32.0 Å². The number of rotatable bonds is 3. The quantitative estimate of drug-likeness (QED) is 0.874. The molecule has 0 aliphatic rings. The number of benzene rings is 1. The van der Waals surface area contributed by atoms with Gasteiger partial charge in [-0.1, -0.05) is 23.7 Å². The van der Waals surface area contributed by atoms with E-state index in [0.717, 1.165) is 17.0 Å². The van der Waals surface area contributed by atoms with E-state index in [1.54, 1.807) is 12.1 Å². The molecular formula is C14H15ClN2O. The molecule has 0 saturated heterocycles. The van der Waals surface area contributed by atoms with Crippen LogP contribution in [-0.4, -0.2) is 10.9 Å². The van der Waals surface area contributed by atoms with Crippen molar-refractivity contribution in [2.24, 2.45) is 0 Å². The number of amides is 1. The Morgan fingerprint density at radius 3 is 2.67 bits per heavy atom. The minimum Gasteiger partial charge on any atom is -0.362 e. The van der Waals surface area contributed by atoms with Crippen molar-refractivity contribution in [3.8, 4) is 0 Å². The first-order valence-corrected chi connectivity index (χ1v) is 6.13. The number of carbonyl (C=O) groups is 1. The van der Waals surface area contributed by atoms with Gasteiger partial charge in [-0.3, -0.25) is 4.79 Å². The lowest BCUT2D eigenvalue weighted by molar-refractivity contribution is -0.115. The molecule has 18 heavy (non-hydrogen) atoms. The van der Waals surface area contributed by atoms with E-state index < -0.39 is 0 Å². The number of aromatic amines is 1. The second kappa shape index (κ2) is 5.27. The van der Waals surface area contributed by atoms with Gasteiger partial charge in [-0.05, 0) is 37.6 Å². The fourth-order valence-corrected chi connectivity index (χ4v) is 2.08. The smallest absolute Gasteiger partial charge is 0.228 e. The van der Waals surface area contributed by atoms with Crippen molar-refractivity contribution in [1.82, 2.24) is 4.98 Å². The van der Waals surface area contributed by atoms with Crippen LogP contribution in [-0.2, 0) is 11.2 Å². The minimum atomic E-state index is -0.0646. The minimum absolute atomic E-state index is 0.0646. The van der Waals surface area contributed by atoms with Crippen LogP contribution < -0.4 is 5.32 Å². The lowest BCUT2D eigenvalue weighted by Crippen LogP contribution is -2.14. The lowest BCUT2D eigenvalue weighted by Gasteiger charge is -2.06.